The fourth-order valence-electron chi connectivity index (χ4n) is 2.56. The number of esters is 1. The Morgan fingerprint density at radius 1 is 1.25 bits per heavy atom. The predicted molar refractivity (Wildman–Crippen MR) is 98.6 cm³/mol. The first-order chi connectivity index (χ1) is 13.2. The number of methoxy groups -OCH3 is 1. The molecule has 1 aromatic carbocycles. The predicted octanol–water partition coefficient (Wildman–Crippen LogP) is 1.91. The molecule has 0 aliphatic carbocycles. The van der Waals surface area contributed by atoms with Crippen molar-refractivity contribution < 1.29 is 32.0 Å². The highest BCUT2D eigenvalue weighted by Crippen LogP contribution is 2.21. The summed E-state index contributed by atoms with van der Waals surface area (Å²) in [5.41, 5.74) is 1.25. The van der Waals surface area contributed by atoms with Crippen molar-refractivity contribution in [3.63, 3.8) is 0 Å². The van der Waals surface area contributed by atoms with E-state index in [0.717, 1.165) is 0 Å². The first kappa shape index (κ1) is 21.6. The van der Waals surface area contributed by atoms with Crippen molar-refractivity contribution in [2.75, 3.05) is 13.7 Å². The average molecular weight is 410 g/mol. The van der Waals surface area contributed by atoms with Gasteiger partial charge in [0.25, 0.3) is 0 Å². The van der Waals surface area contributed by atoms with Gasteiger partial charge < -0.3 is 14.0 Å². The van der Waals surface area contributed by atoms with Gasteiger partial charge in [0.1, 0.15) is 22.9 Å². The summed E-state index contributed by atoms with van der Waals surface area (Å²) in [6.07, 6.45) is -0.169. The number of Topliss-reactive ketones (excluding diaryl/α,β-unsaturated/α-hetero) is 1. The zero-order valence-corrected chi connectivity index (χ0v) is 16.9. The number of benzene rings is 1. The van der Waals surface area contributed by atoms with Crippen molar-refractivity contribution >= 4 is 21.8 Å². The number of hydrogen-bond acceptors (Lipinski definition) is 8. The summed E-state index contributed by atoms with van der Waals surface area (Å²) in [5, 5.41) is 3.60. The zero-order valence-electron chi connectivity index (χ0n) is 16.1. The van der Waals surface area contributed by atoms with E-state index < -0.39 is 16.0 Å². The van der Waals surface area contributed by atoms with Crippen molar-refractivity contribution in [3.8, 4) is 5.75 Å². The summed E-state index contributed by atoms with van der Waals surface area (Å²) in [7, 11) is -2.37. The fraction of sp³-hybridized carbons (Fsp3) is 0.389. The summed E-state index contributed by atoms with van der Waals surface area (Å²) in [6.45, 7) is 4.20. The Kier molecular flexibility index (Phi) is 6.92. The number of carbonyl (C=O) groups excluding carboxylic acids is 2. The summed E-state index contributed by atoms with van der Waals surface area (Å²) in [5.74, 6) is -0.0670. The van der Waals surface area contributed by atoms with Gasteiger partial charge in [-0.2, -0.15) is 0 Å². The van der Waals surface area contributed by atoms with E-state index >= 15 is 0 Å². The van der Waals surface area contributed by atoms with E-state index in [9.17, 15) is 18.0 Å². The maximum Gasteiger partial charge on any atom is 0.307 e. The average Bonchev–Trinajstić information content (AvgIpc) is 2.98. The molecule has 0 bridgehead atoms. The molecular weight excluding hydrogens is 388 g/mol. The molecule has 0 unspecified atom stereocenters. The zero-order chi connectivity index (χ0) is 20.9. The topological polar surface area (TPSA) is 125 Å². The van der Waals surface area contributed by atoms with Gasteiger partial charge in [0, 0.05) is 17.7 Å². The van der Waals surface area contributed by atoms with Crippen LogP contribution in [0.4, 0.5) is 0 Å². The van der Waals surface area contributed by atoms with Crippen LogP contribution in [0.1, 0.15) is 40.7 Å². The second kappa shape index (κ2) is 8.98. The highest BCUT2D eigenvalue weighted by molar-refractivity contribution is 7.89. The van der Waals surface area contributed by atoms with Crippen LogP contribution in [0.3, 0.4) is 0 Å². The molecular formula is C18H22N2O7S. The smallest absolute Gasteiger partial charge is 0.307 e. The van der Waals surface area contributed by atoms with Crippen molar-refractivity contribution in [1.29, 1.82) is 0 Å². The molecule has 1 N–H and O–H groups in total. The van der Waals surface area contributed by atoms with Gasteiger partial charge in [-0.3, -0.25) is 9.59 Å². The van der Waals surface area contributed by atoms with Crippen LogP contribution >= 0.6 is 0 Å². The SMILES string of the molecule is COc1ccc(C(C)=O)cc1COC(=O)CCNS(=O)(=O)c1c(C)noc1C. The Hall–Kier alpha value is -2.72. The second-order valence-electron chi connectivity index (χ2n) is 6.04. The number of nitrogens with one attached hydrogen (secondary N) is 1. The fourth-order valence-corrected chi connectivity index (χ4v) is 3.92. The van der Waals surface area contributed by atoms with E-state index in [1.54, 1.807) is 18.2 Å². The van der Waals surface area contributed by atoms with Crippen LogP contribution in [0, 0.1) is 13.8 Å². The van der Waals surface area contributed by atoms with Crippen LogP contribution < -0.4 is 9.46 Å². The summed E-state index contributed by atoms with van der Waals surface area (Å²) < 4.78 is 42.1. The number of sulfonamides is 1. The molecule has 2 rings (SSSR count). The third-order valence-corrected chi connectivity index (χ3v) is 5.64. The van der Waals surface area contributed by atoms with Crippen LogP contribution in [0.25, 0.3) is 0 Å². The molecule has 1 aromatic heterocycles. The summed E-state index contributed by atoms with van der Waals surface area (Å²) in [4.78, 5) is 23.4. The number of aromatic nitrogens is 1. The van der Waals surface area contributed by atoms with Crippen LogP contribution in [0.5, 0.6) is 5.75 Å². The Balaban J connectivity index is 1.92. The molecule has 152 valence electrons. The Bertz CT molecular complexity index is 960. The minimum absolute atomic E-state index is 0.0355. The number of ketones is 1. The van der Waals surface area contributed by atoms with Crippen molar-refractivity contribution in [3.05, 3.63) is 40.8 Å². The Morgan fingerprint density at radius 2 is 1.96 bits per heavy atom. The molecule has 10 heteroatoms. The van der Waals surface area contributed by atoms with Gasteiger partial charge in [0.15, 0.2) is 11.5 Å². The highest BCUT2D eigenvalue weighted by Gasteiger charge is 2.24. The molecule has 0 aliphatic heterocycles. The van der Waals surface area contributed by atoms with E-state index in [-0.39, 0.29) is 41.7 Å². The van der Waals surface area contributed by atoms with Crippen molar-refractivity contribution in [2.45, 2.75) is 38.7 Å². The van der Waals surface area contributed by atoms with Crippen molar-refractivity contribution in [2.24, 2.45) is 0 Å². The van der Waals surface area contributed by atoms with Gasteiger partial charge in [-0.1, -0.05) is 5.16 Å². The number of hydrogen-bond donors (Lipinski definition) is 1. The Morgan fingerprint density at radius 3 is 2.54 bits per heavy atom. The normalized spacial score (nSPS) is 11.3. The van der Waals surface area contributed by atoms with Crippen LogP contribution in [-0.2, 0) is 26.2 Å². The molecule has 0 saturated heterocycles. The van der Waals surface area contributed by atoms with E-state index in [2.05, 4.69) is 9.88 Å². The minimum atomic E-state index is -3.84. The highest BCUT2D eigenvalue weighted by atomic mass is 32.2. The van der Waals surface area contributed by atoms with Crippen LogP contribution in [0.2, 0.25) is 0 Å². The maximum atomic E-state index is 12.3. The molecule has 0 spiro atoms. The first-order valence-electron chi connectivity index (χ1n) is 8.41. The molecule has 28 heavy (non-hydrogen) atoms. The van der Waals surface area contributed by atoms with Crippen LogP contribution in [0.15, 0.2) is 27.6 Å². The lowest BCUT2D eigenvalue weighted by molar-refractivity contribution is -0.144. The number of nitrogens with zero attached hydrogens (tertiary/aromatic N) is 1. The van der Waals surface area contributed by atoms with E-state index in [1.165, 1.54) is 27.9 Å². The molecule has 0 saturated carbocycles. The third-order valence-electron chi connectivity index (χ3n) is 3.93. The van der Waals surface area contributed by atoms with Crippen molar-refractivity contribution in [1.82, 2.24) is 9.88 Å². The number of aryl methyl sites for hydroxylation is 2. The minimum Gasteiger partial charge on any atom is -0.496 e. The quantitative estimate of drug-likeness (QED) is 0.491. The summed E-state index contributed by atoms with van der Waals surface area (Å²) in [6, 6.07) is 4.84. The van der Waals surface area contributed by atoms with Gasteiger partial charge in [0.2, 0.25) is 10.0 Å². The molecule has 0 fully saturated rings. The molecule has 0 radical (unpaired) electrons. The molecule has 0 amide bonds. The number of ether oxygens (including phenoxy) is 2. The maximum absolute atomic E-state index is 12.3. The molecule has 0 aliphatic rings. The first-order valence-corrected chi connectivity index (χ1v) is 9.90. The van der Waals surface area contributed by atoms with Gasteiger partial charge in [-0.15, -0.1) is 0 Å². The largest absolute Gasteiger partial charge is 0.496 e. The number of rotatable bonds is 9. The summed E-state index contributed by atoms with van der Waals surface area (Å²) >= 11 is 0. The molecule has 0 atom stereocenters. The lowest BCUT2D eigenvalue weighted by atomic mass is 10.1. The second-order valence-corrected chi connectivity index (χ2v) is 7.75. The lowest BCUT2D eigenvalue weighted by Gasteiger charge is -2.11. The Labute approximate surface area is 163 Å². The monoisotopic (exact) mass is 410 g/mol. The van der Waals surface area contributed by atoms with Gasteiger partial charge >= 0.3 is 5.97 Å². The van der Waals surface area contributed by atoms with E-state index in [1.807, 2.05) is 0 Å². The third kappa shape index (κ3) is 5.17. The molecule has 9 nitrogen and oxygen atoms in total. The van der Waals surface area contributed by atoms with Gasteiger partial charge in [0.05, 0.1) is 13.5 Å². The molecule has 1 heterocycles. The van der Waals surface area contributed by atoms with Crippen LogP contribution in [-0.4, -0.2) is 39.0 Å². The number of carbonyl (C=O) groups is 2. The van der Waals surface area contributed by atoms with Gasteiger partial charge in [-0.25, -0.2) is 13.1 Å². The van der Waals surface area contributed by atoms with Gasteiger partial charge in [-0.05, 0) is 39.0 Å². The van der Waals surface area contributed by atoms with E-state index in [0.29, 0.717) is 16.9 Å². The molecule has 2 aromatic rings. The van der Waals surface area contributed by atoms with E-state index in [4.69, 9.17) is 14.0 Å². The lowest BCUT2D eigenvalue weighted by Crippen LogP contribution is -2.27. The standard InChI is InChI=1S/C18H22N2O7S/c1-11-18(13(3)27-20-11)28(23,24)19-8-7-17(22)26-10-15-9-14(12(2)21)5-6-16(15)25-4/h5-6,9,19H,7-8,10H2,1-4H3.